The third-order valence-corrected chi connectivity index (χ3v) is 9.28. The normalized spacial score (nSPS) is 11.8. The Bertz CT molecular complexity index is 697. The zero-order valence-electron chi connectivity index (χ0n) is 31.7. The highest BCUT2D eigenvalue weighted by molar-refractivity contribution is 5.84. The molecule has 278 valence electrons. The molecule has 0 aliphatic rings. The molecule has 0 aromatic rings. The van der Waals surface area contributed by atoms with E-state index in [4.69, 9.17) is 9.47 Å². The van der Waals surface area contributed by atoms with Crippen molar-refractivity contribution in [3.8, 4) is 0 Å². The quantitative estimate of drug-likeness (QED) is 0.0527. The fourth-order valence-corrected chi connectivity index (χ4v) is 6.19. The Morgan fingerprint density at radius 2 is 0.723 bits per heavy atom. The van der Waals surface area contributed by atoms with Crippen molar-refractivity contribution < 1.29 is 23.9 Å². The van der Waals surface area contributed by atoms with Crippen LogP contribution < -0.4 is 5.32 Å². The number of unbranched alkanes of at least 4 members (excludes halogenated alkanes) is 28. The maximum Gasteiger partial charge on any atom is 0.306 e. The van der Waals surface area contributed by atoms with Crippen molar-refractivity contribution in [3.05, 3.63) is 0 Å². The molecular formula is C41H79NO5. The maximum atomic E-state index is 12.4. The summed E-state index contributed by atoms with van der Waals surface area (Å²) in [6.45, 7) is 6.57. The van der Waals surface area contributed by atoms with E-state index in [1.807, 2.05) is 6.92 Å². The first-order chi connectivity index (χ1) is 23.0. The predicted octanol–water partition coefficient (Wildman–Crippen LogP) is 12.1. The van der Waals surface area contributed by atoms with Crippen LogP contribution in [-0.2, 0) is 23.9 Å². The molecule has 0 radical (unpaired) electrons. The average Bonchev–Trinajstić information content (AvgIpc) is 3.06. The van der Waals surface area contributed by atoms with Gasteiger partial charge in [-0.15, -0.1) is 0 Å². The van der Waals surface area contributed by atoms with Crippen LogP contribution in [-0.4, -0.2) is 37.1 Å². The van der Waals surface area contributed by atoms with Crippen LogP contribution in [0.25, 0.3) is 0 Å². The fourth-order valence-electron chi connectivity index (χ4n) is 6.19. The SMILES string of the molecule is CCCCCCCCCCCCCCCCCC(=O)OCC(OC(=O)CCCCCCCCCCCCCCCCC)C(=O)NCC. The molecule has 0 rings (SSSR count). The van der Waals surface area contributed by atoms with E-state index in [9.17, 15) is 14.4 Å². The van der Waals surface area contributed by atoms with Gasteiger partial charge in [0.25, 0.3) is 5.91 Å². The Hall–Kier alpha value is -1.59. The summed E-state index contributed by atoms with van der Waals surface area (Å²) in [5, 5.41) is 2.69. The van der Waals surface area contributed by atoms with Gasteiger partial charge in [-0.1, -0.05) is 194 Å². The first-order valence-electron chi connectivity index (χ1n) is 20.7. The van der Waals surface area contributed by atoms with Crippen molar-refractivity contribution in [3.63, 3.8) is 0 Å². The highest BCUT2D eigenvalue weighted by atomic mass is 16.6. The van der Waals surface area contributed by atoms with Crippen LogP contribution in [0.1, 0.15) is 226 Å². The summed E-state index contributed by atoms with van der Waals surface area (Å²) in [5.41, 5.74) is 0. The van der Waals surface area contributed by atoms with Gasteiger partial charge in [0.05, 0.1) is 0 Å². The molecule has 0 aliphatic heterocycles. The highest BCUT2D eigenvalue weighted by Crippen LogP contribution is 2.16. The molecule has 0 aromatic heterocycles. The second kappa shape index (κ2) is 37.2. The number of likely N-dealkylation sites (N-methyl/N-ethyl adjacent to an activating group) is 1. The third-order valence-electron chi connectivity index (χ3n) is 9.28. The Balaban J connectivity index is 3.81. The van der Waals surface area contributed by atoms with Gasteiger partial charge in [-0.3, -0.25) is 14.4 Å². The van der Waals surface area contributed by atoms with E-state index < -0.39 is 18.0 Å². The molecule has 0 bridgehead atoms. The van der Waals surface area contributed by atoms with E-state index in [1.165, 1.54) is 154 Å². The monoisotopic (exact) mass is 666 g/mol. The van der Waals surface area contributed by atoms with Crippen LogP contribution in [0.4, 0.5) is 0 Å². The number of hydrogen-bond donors (Lipinski definition) is 1. The van der Waals surface area contributed by atoms with E-state index >= 15 is 0 Å². The molecule has 0 aliphatic carbocycles. The molecule has 1 atom stereocenters. The van der Waals surface area contributed by atoms with E-state index in [1.54, 1.807) is 0 Å². The average molecular weight is 666 g/mol. The maximum absolute atomic E-state index is 12.4. The summed E-state index contributed by atoms with van der Waals surface area (Å²) in [7, 11) is 0. The van der Waals surface area contributed by atoms with Crippen molar-refractivity contribution in [1.29, 1.82) is 0 Å². The molecule has 0 spiro atoms. The predicted molar refractivity (Wildman–Crippen MR) is 199 cm³/mol. The second-order valence-corrected chi connectivity index (χ2v) is 14.0. The third kappa shape index (κ3) is 34.1. The van der Waals surface area contributed by atoms with Gasteiger partial charge in [0.1, 0.15) is 6.61 Å². The summed E-state index contributed by atoms with van der Waals surface area (Å²) >= 11 is 0. The molecule has 0 fully saturated rings. The molecule has 0 saturated carbocycles. The minimum absolute atomic E-state index is 0.214. The fraction of sp³-hybridized carbons (Fsp3) is 0.927. The number of carbonyl (C=O) groups is 3. The van der Waals surface area contributed by atoms with Gasteiger partial charge >= 0.3 is 11.9 Å². The van der Waals surface area contributed by atoms with Crippen molar-refractivity contribution in [2.75, 3.05) is 13.2 Å². The van der Waals surface area contributed by atoms with E-state index in [0.717, 1.165) is 38.5 Å². The van der Waals surface area contributed by atoms with Gasteiger partial charge in [0.15, 0.2) is 0 Å². The Morgan fingerprint density at radius 3 is 1.04 bits per heavy atom. The van der Waals surface area contributed by atoms with Crippen molar-refractivity contribution in [2.45, 2.75) is 232 Å². The molecule has 1 N–H and O–H groups in total. The Labute approximate surface area is 292 Å². The lowest BCUT2D eigenvalue weighted by atomic mass is 10.0. The summed E-state index contributed by atoms with van der Waals surface area (Å²) in [6.07, 6.45) is 37.8. The van der Waals surface area contributed by atoms with Crippen LogP contribution in [0.3, 0.4) is 0 Å². The molecular weight excluding hydrogens is 586 g/mol. The molecule has 0 aromatic carbocycles. The lowest BCUT2D eigenvalue weighted by molar-refractivity contribution is -0.164. The highest BCUT2D eigenvalue weighted by Gasteiger charge is 2.24. The zero-order chi connectivity index (χ0) is 34.5. The molecule has 0 heterocycles. The largest absolute Gasteiger partial charge is 0.461 e. The number of nitrogens with one attached hydrogen (secondary N) is 1. The van der Waals surface area contributed by atoms with Crippen molar-refractivity contribution in [1.82, 2.24) is 5.32 Å². The van der Waals surface area contributed by atoms with Crippen LogP contribution in [0, 0.1) is 0 Å². The topological polar surface area (TPSA) is 81.7 Å². The Kier molecular flexibility index (Phi) is 36.0. The number of carbonyl (C=O) groups excluding carboxylic acids is 3. The van der Waals surface area contributed by atoms with Gasteiger partial charge < -0.3 is 14.8 Å². The van der Waals surface area contributed by atoms with Gasteiger partial charge in [0, 0.05) is 19.4 Å². The van der Waals surface area contributed by atoms with Gasteiger partial charge in [-0.2, -0.15) is 0 Å². The van der Waals surface area contributed by atoms with E-state index in [0.29, 0.717) is 19.4 Å². The van der Waals surface area contributed by atoms with E-state index in [2.05, 4.69) is 19.2 Å². The number of amides is 1. The van der Waals surface area contributed by atoms with Crippen LogP contribution in [0.2, 0.25) is 0 Å². The minimum Gasteiger partial charge on any atom is -0.461 e. The summed E-state index contributed by atoms with van der Waals surface area (Å²) in [4.78, 5) is 37.1. The smallest absolute Gasteiger partial charge is 0.306 e. The molecule has 6 heteroatoms. The zero-order valence-corrected chi connectivity index (χ0v) is 31.7. The molecule has 1 unspecified atom stereocenters. The van der Waals surface area contributed by atoms with Crippen LogP contribution in [0.5, 0.6) is 0 Å². The van der Waals surface area contributed by atoms with Crippen LogP contribution >= 0.6 is 0 Å². The summed E-state index contributed by atoms with van der Waals surface area (Å²) < 4.78 is 10.8. The van der Waals surface area contributed by atoms with E-state index in [-0.39, 0.29) is 12.6 Å². The second-order valence-electron chi connectivity index (χ2n) is 14.0. The lowest BCUT2D eigenvalue weighted by Gasteiger charge is -2.17. The summed E-state index contributed by atoms with van der Waals surface area (Å²) in [5.74, 6) is -1.13. The standard InChI is InChI=1S/C41H79NO5/c1-4-7-9-11-13-15-17-19-21-23-25-27-29-31-33-35-39(43)46-37-38(41(45)42-6-3)47-40(44)36-34-32-30-28-26-24-22-20-18-16-14-12-10-8-5-2/h38H,4-37H2,1-3H3,(H,42,45). The molecule has 6 nitrogen and oxygen atoms in total. The number of rotatable bonds is 37. The summed E-state index contributed by atoms with van der Waals surface area (Å²) in [6, 6.07) is 0. The number of hydrogen-bond acceptors (Lipinski definition) is 5. The first kappa shape index (κ1) is 45.4. The van der Waals surface area contributed by atoms with Crippen molar-refractivity contribution in [2.24, 2.45) is 0 Å². The Morgan fingerprint density at radius 1 is 0.426 bits per heavy atom. The van der Waals surface area contributed by atoms with Gasteiger partial charge in [0.2, 0.25) is 6.10 Å². The molecule has 1 amide bonds. The van der Waals surface area contributed by atoms with Crippen LogP contribution in [0.15, 0.2) is 0 Å². The number of esters is 2. The molecule has 47 heavy (non-hydrogen) atoms. The minimum atomic E-state index is -1.08. The molecule has 0 saturated heterocycles. The van der Waals surface area contributed by atoms with Gasteiger partial charge in [-0.05, 0) is 19.8 Å². The number of ether oxygens (including phenoxy) is 2. The van der Waals surface area contributed by atoms with Crippen molar-refractivity contribution >= 4 is 17.8 Å². The van der Waals surface area contributed by atoms with Gasteiger partial charge in [-0.25, -0.2) is 0 Å². The first-order valence-corrected chi connectivity index (χ1v) is 20.7. The lowest BCUT2D eigenvalue weighted by Crippen LogP contribution is -2.41.